The van der Waals surface area contributed by atoms with Gasteiger partial charge in [0.15, 0.2) is 11.6 Å². The van der Waals surface area contributed by atoms with E-state index in [-0.39, 0.29) is 23.8 Å². The molecule has 6 nitrogen and oxygen atoms in total. The smallest absolute Gasteiger partial charge is 0.395 e. The topological polar surface area (TPSA) is 87.3 Å². The molecule has 0 radical (unpaired) electrons. The van der Waals surface area contributed by atoms with Crippen molar-refractivity contribution in [1.29, 1.82) is 0 Å². The second kappa shape index (κ2) is 7.75. The highest BCUT2D eigenvalue weighted by Gasteiger charge is 2.33. The first-order chi connectivity index (χ1) is 11.8. The minimum atomic E-state index is -4.57. The fourth-order valence-corrected chi connectivity index (χ4v) is 2.45. The molecule has 0 amide bonds. The number of anilines is 4. The van der Waals surface area contributed by atoms with Crippen molar-refractivity contribution in [3.63, 3.8) is 0 Å². The van der Waals surface area contributed by atoms with Crippen molar-refractivity contribution in [3.05, 3.63) is 35.1 Å². The van der Waals surface area contributed by atoms with Gasteiger partial charge in [0, 0.05) is 18.8 Å². The van der Waals surface area contributed by atoms with Crippen LogP contribution in [0.15, 0.2) is 24.5 Å². The zero-order valence-corrected chi connectivity index (χ0v) is 14.1. The molecule has 0 aliphatic heterocycles. The molecule has 0 aliphatic rings. The summed E-state index contributed by atoms with van der Waals surface area (Å²) in [7, 11) is 0. The summed E-state index contributed by atoms with van der Waals surface area (Å²) in [5, 5.41) is 11.5. The fourth-order valence-electron chi connectivity index (χ4n) is 2.23. The van der Waals surface area contributed by atoms with Gasteiger partial charge in [0.05, 0.1) is 17.2 Å². The van der Waals surface area contributed by atoms with Crippen molar-refractivity contribution >= 4 is 34.6 Å². The second-order valence-electron chi connectivity index (χ2n) is 5.08. The summed E-state index contributed by atoms with van der Waals surface area (Å²) in [4.78, 5) is 9.78. The molecular formula is C15H17ClF3N5O. The van der Waals surface area contributed by atoms with E-state index in [4.69, 9.17) is 22.4 Å². The maximum atomic E-state index is 13.0. The molecule has 0 saturated carbocycles. The van der Waals surface area contributed by atoms with E-state index < -0.39 is 16.8 Å². The molecule has 0 fully saturated rings. The molecule has 1 aromatic heterocycles. The number of alkyl halides is 3. The van der Waals surface area contributed by atoms with Gasteiger partial charge in [0.25, 0.3) is 0 Å². The van der Waals surface area contributed by atoms with Gasteiger partial charge in [0.2, 0.25) is 0 Å². The van der Waals surface area contributed by atoms with Crippen LogP contribution in [0.25, 0.3) is 0 Å². The number of nitrogens with one attached hydrogen (secondary N) is 1. The Morgan fingerprint density at radius 3 is 2.64 bits per heavy atom. The number of rotatable bonds is 6. The average Bonchev–Trinajstić information content (AvgIpc) is 2.55. The van der Waals surface area contributed by atoms with Crippen molar-refractivity contribution < 1.29 is 18.3 Å². The third-order valence-corrected chi connectivity index (χ3v) is 3.78. The maximum absolute atomic E-state index is 13.0. The van der Waals surface area contributed by atoms with Gasteiger partial charge in [-0.1, -0.05) is 11.6 Å². The minimum Gasteiger partial charge on any atom is -0.395 e. The largest absolute Gasteiger partial charge is 0.417 e. The zero-order valence-electron chi connectivity index (χ0n) is 13.3. The lowest BCUT2D eigenvalue weighted by Gasteiger charge is -2.23. The lowest BCUT2D eigenvalue weighted by molar-refractivity contribution is -0.137. The van der Waals surface area contributed by atoms with Gasteiger partial charge in [-0.15, -0.1) is 0 Å². The van der Waals surface area contributed by atoms with E-state index >= 15 is 0 Å². The van der Waals surface area contributed by atoms with Crippen LogP contribution in [0.2, 0.25) is 5.02 Å². The van der Waals surface area contributed by atoms with Gasteiger partial charge >= 0.3 is 6.18 Å². The summed E-state index contributed by atoms with van der Waals surface area (Å²) in [5.74, 6) is 0.552. The van der Waals surface area contributed by atoms with Gasteiger partial charge in [-0.3, -0.25) is 0 Å². The van der Waals surface area contributed by atoms with Gasteiger partial charge in [-0.2, -0.15) is 13.2 Å². The molecule has 2 aromatic rings. The Morgan fingerprint density at radius 1 is 1.32 bits per heavy atom. The van der Waals surface area contributed by atoms with E-state index in [1.54, 1.807) is 4.90 Å². The van der Waals surface area contributed by atoms with Crippen molar-refractivity contribution in [3.8, 4) is 0 Å². The maximum Gasteiger partial charge on any atom is 0.417 e. The van der Waals surface area contributed by atoms with Crippen molar-refractivity contribution in [2.75, 3.05) is 35.6 Å². The van der Waals surface area contributed by atoms with E-state index in [1.807, 2.05) is 6.92 Å². The Balaban J connectivity index is 2.35. The lowest BCUT2D eigenvalue weighted by Crippen LogP contribution is -2.28. The zero-order chi connectivity index (χ0) is 18.6. The fraction of sp³-hybridized carbons (Fsp3) is 0.333. The quantitative estimate of drug-likeness (QED) is 0.718. The summed E-state index contributed by atoms with van der Waals surface area (Å²) in [6, 6.07) is 3.42. The SMILES string of the molecule is CCN(CCO)c1ncnc(Nc2ccc(Cl)c(C(F)(F)F)c2)c1N. The third kappa shape index (κ3) is 4.43. The van der Waals surface area contributed by atoms with E-state index in [2.05, 4.69) is 15.3 Å². The first kappa shape index (κ1) is 19.1. The first-order valence-electron chi connectivity index (χ1n) is 7.38. The minimum absolute atomic E-state index is 0.0911. The Labute approximate surface area is 147 Å². The Bertz CT molecular complexity index is 742. The van der Waals surface area contributed by atoms with Crippen LogP contribution in [-0.2, 0) is 6.18 Å². The molecule has 1 heterocycles. The molecule has 4 N–H and O–H groups in total. The number of aliphatic hydroxyl groups excluding tert-OH is 1. The second-order valence-corrected chi connectivity index (χ2v) is 5.49. The number of benzene rings is 1. The van der Waals surface area contributed by atoms with Crippen LogP contribution in [0, 0.1) is 0 Å². The van der Waals surface area contributed by atoms with Crippen LogP contribution in [0.1, 0.15) is 12.5 Å². The molecular weight excluding hydrogens is 359 g/mol. The van der Waals surface area contributed by atoms with E-state index in [0.29, 0.717) is 18.9 Å². The summed E-state index contributed by atoms with van der Waals surface area (Å²) in [6.07, 6.45) is -3.33. The number of nitrogens with zero attached hydrogens (tertiary/aromatic N) is 3. The number of aliphatic hydroxyl groups is 1. The van der Waals surface area contributed by atoms with E-state index in [1.165, 1.54) is 12.4 Å². The molecule has 0 aliphatic carbocycles. The van der Waals surface area contributed by atoms with Crippen molar-refractivity contribution in [2.24, 2.45) is 0 Å². The summed E-state index contributed by atoms with van der Waals surface area (Å²) in [5.41, 5.74) is 5.38. The van der Waals surface area contributed by atoms with Crippen LogP contribution in [0.5, 0.6) is 0 Å². The predicted molar refractivity (Wildman–Crippen MR) is 91.2 cm³/mol. The van der Waals surface area contributed by atoms with Gasteiger partial charge in [-0.25, -0.2) is 9.97 Å². The molecule has 25 heavy (non-hydrogen) atoms. The lowest BCUT2D eigenvalue weighted by atomic mass is 10.2. The number of halogens is 4. The standard InChI is InChI=1S/C15H17ClF3N5O/c1-2-24(5-6-25)14-12(20)13(21-8-22-14)23-9-3-4-11(16)10(7-9)15(17,18)19/h3-4,7-8,25H,2,5-6,20H2,1H3,(H,21,22,23). The highest BCUT2D eigenvalue weighted by atomic mass is 35.5. The molecule has 10 heteroatoms. The molecule has 0 unspecified atom stereocenters. The van der Waals surface area contributed by atoms with Crippen LogP contribution in [0.3, 0.4) is 0 Å². The molecule has 136 valence electrons. The van der Waals surface area contributed by atoms with E-state index in [9.17, 15) is 13.2 Å². The number of hydrogen-bond acceptors (Lipinski definition) is 6. The van der Waals surface area contributed by atoms with Crippen molar-refractivity contribution in [1.82, 2.24) is 9.97 Å². The number of hydrogen-bond donors (Lipinski definition) is 3. The van der Waals surface area contributed by atoms with Gasteiger partial charge < -0.3 is 21.1 Å². The summed E-state index contributed by atoms with van der Waals surface area (Å²) in [6.45, 7) is 2.63. The molecule has 0 bridgehead atoms. The van der Waals surface area contributed by atoms with Gasteiger partial charge in [0.1, 0.15) is 12.0 Å². The van der Waals surface area contributed by atoms with Crippen molar-refractivity contribution in [2.45, 2.75) is 13.1 Å². The molecule has 0 atom stereocenters. The number of nitrogen functional groups attached to an aromatic ring is 1. The Hall–Kier alpha value is -2.26. The highest BCUT2D eigenvalue weighted by molar-refractivity contribution is 6.31. The number of likely N-dealkylation sites (N-methyl/N-ethyl adjacent to an activating group) is 1. The molecule has 0 spiro atoms. The molecule has 2 rings (SSSR count). The number of aromatic nitrogens is 2. The Morgan fingerprint density at radius 2 is 2.04 bits per heavy atom. The summed E-state index contributed by atoms with van der Waals surface area (Å²) >= 11 is 5.61. The summed E-state index contributed by atoms with van der Waals surface area (Å²) < 4.78 is 38.9. The first-order valence-corrected chi connectivity index (χ1v) is 7.75. The Kier molecular flexibility index (Phi) is 5.91. The monoisotopic (exact) mass is 375 g/mol. The number of nitrogens with two attached hydrogens (primary N) is 1. The average molecular weight is 376 g/mol. The molecule has 1 aromatic carbocycles. The molecule has 0 saturated heterocycles. The van der Waals surface area contributed by atoms with Crippen LogP contribution in [-0.4, -0.2) is 34.8 Å². The van der Waals surface area contributed by atoms with Crippen LogP contribution < -0.4 is 16.0 Å². The van der Waals surface area contributed by atoms with Gasteiger partial charge in [-0.05, 0) is 25.1 Å². The normalized spacial score (nSPS) is 11.4. The van der Waals surface area contributed by atoms with Crippen LogP contribution >= 0.6 is 11.6 Å². The third-order valence-electron chi connectivity index (χ3n) is 3.45. The predicted octanol–water partition coefficient (Wildman–Crippen LogP) is 3.29. The highest BCUT2D eigenvalue weighted by Crippen LogP contribution is 2.37. The van der Waals surface area contributed by atoms with Crippen LogP contribution in [0.4, 0.5) is 36.2 Å². The van der Waals surface area contributed by atoms with E-state index in [0.717, 1.165) is 12.1 Å².